The molecule has 0 unspecified atom stereocenters. The normalized spacial score (nSPS) is 11.4. The molecule has 0 radical (unpaired) electrons. The van der Waals surface area contributed by atoms with Gasteiger partial charge in [0, 0.05) is 18.0 Å². The van der Waals surface area contributed by atoms with Crippen LogP contribution in [0.4, 0.5) is 0 Å². The molecule has 3 rings (SSSR count). The molecule has 7 heteroatoms. The molecule has 1 aromatic heterocycles. The summed E-state index contributed by atoms with van der Waals surface area (Å²) in [5.41, 5.74) is 2.21. The fraction of sp³-hybridized carbons (Fsp3) is 0.158. The third kappa shape index (κ3) is 3.07. The summed E-state index contributed by atoms with van der Waals surface area (Å²) in [6, 6.07) is 13.3. The number of fused-ring (bicyclic) bond motifs is 1. The largest absolute Gasteiger partial charge is 0.481 e. The Bertz CT molecular complexity index is 1140. The van der Waals surface area contributed by atoms with Crippen LogP contribution < -0.4 is 0 Å². The lowest BCUT2D eigenvalue weighted by molar-refractivity contribution is -0.136. The van der Waals surface area contributed by atoms with E-state index in [1.165, 1.54) is 18.3 Å². The van der Waals surface area contributed by atoms with Gasteiger partial charge in [0.05, 0.1) is 22.0 Å². The second-order valence-corrected chi connectivity index (χ2v) is 7.78. The van der Waals surface area contributed by atoms with Crippen LogP contribution in [-0.2, 0) is 21.2 Å². The maximum Gasteiger partial charge on any atom is 0.303 e. The molecule has 0 amide bonds. The zero-order chi connectivity index (χ0) is 18.9. The highest BCUT2D eigenvalue weighted by Gasteiger charge is 2.22. The average Bonchev–Trinajstić information content (AvgIpc) is 3.06. The van der Waals surface area contributed by atoms with Gasteiger partial charge < -0.3 is 5.11 Å². The van der Waals surface area contributed by atoms with E-state index in [0.717, 1.165) is 9.54 Å². The lowest BCUT2D eigenvalue weighted by Gasteiger charge is -2.11. The van der Waals surface area contributed by atoms with E-state index in [2.05, 4.69) is 0 Å². The van der Waals surface area contributed by atoms with Crippen LogP contribution in [-0.4, -0.2) is 23.5 Å². The van der Waals surface area contributed by atoms with Gasteiger partial charge in [0.1, 0.15) is 0 Å². The first-order valence-corrected chi connectivity index (χ1v) is 9.35. The highest BCUT2D eigenvalue weighted by Crippen LogP contribution is 2.28. The van der Waals surface area contributed by atoms with Gasteiger partial charge in [-0.1, -0.05) is 23.8 Å². The van der Waals surface area contributed by atoms with Gasteiger partial charge >= 0.3 is 5.97 Å². The molecule has 6 nitrogen and oxygen atoms in total. The summed E-state index contributed by atoms with van der Waals surface area (Å²) in [5, 5.41) is 18.7. The summed E-state index contributed by atoms with van der Waals surface area (Å²) in [4.78, 5) is 11.1. The van der Waals surface area contributed by atoms with Crippen molar-refractivity contribution in [1.29, 1.82) is 5.26 Å². The van der Waals surface area contributed by atoms with Crippen molar-refractivity contribution in [3.05, 3.63) is 65.4 Å². The summed E-state index contributed by atoms with van der Waals surface area (Å²) in [7, 11) is -3.87. The molecule has 0 spiro atoms. The molecule has 0 aliphatic heterocycles. The van der Waals surface area contributed by atoms with Gasteiger partial charge in [-0.2, -0.15) is 5.26 Å². The Morgan fingerprint density at radius 3 is 2.46 bits per heavy atom. The number of benzene rings is 2. The van der Waals surface area contributed by atoms with Crippen LogP contribution in [0.5, 0.6) is 0 Å². The van der Waals surface area contributed by atoms with Gasteiger partial charge in [-0.25, -0.2) is 12.4 Å². The Balaban J connectivity index is 2.24. The quantitative estimate of drug-likeness (QED) is 0.746. The number of rotatable bonds is 5. The van der Waals surface area contributed by atoms with Crippen molar-refractivity contribution in [2.24, 2.45) is 0 Å². The fourth-order valence-corrected chi connectivity index (χ4v) is 4.25. The minimum Gasteiger partial charge on any atom is -0.481 e. The Hall–Kier alpha value is -3.11. The van der Waals surface area contributed by atoms with Crippen molar-refractivity contribution in [3.63, 3.8) is 0 Å². The van der Waals surface area contributed by atoms with Crippen molar-refractivity contribution < 1.29 is 18.3 Å². The summed E-state index contributed by atoms with van der Waals surface area (Å²) in [5.74, 6) is -0.970. The molecule has 3 aromatic rings. The molecule has 0 fully saturated rings. The number of hydrogen-bond donors (Lipinski definition) is 1. The van der Waals surface area contributed by atoms with Gasteiger partial charge in [-0.15, -0.1) is 0 Å². The second-order valence-electron chi connectivity index (χ2n) is 5.97. The highest BCUT2D eigenvalue weighted by molar-refractivity contribution is 7.90. The maximum atomic E-state index is 13.1. The molecular weight excluding hydrogens is 352 g/mol. The number of carboxylic acid groups (broad SMARTS) is 1. The van der Waals surface area contributed by atoms with Crippen LogP contribution in [0.1, 0.15) is 23.1 Å². The number of nitrogens with zero attached hydrogens (tertiary/aromatic N) is 2. The number of carbonyl (C=O) groups is 1. The summed E-state index contributed by atoms with van der Waals surface area (Å²) in [6.45, 7) is 1.87. The minimum atomic E-state index is -3.87. The third-order valence-electron chi connectivity index (χ3n) is 4.20. The third-order valence-corrected chi connectivity index (χ3v) is 5.89. The fourth-order valence-electron chi connectivity index (χ4n) is 2.86. The van der Waals surface area contributed by atoms with Gasteiger partial charge in [0.2, 0.25) is 0 Å². The molecule has 0 saturated heterocycles. The van der Waals surface area contributed by atoms with E-state index in [9.17, 15) is 18.5 Å². The number of carboxylic acids is 1. The zero-order valence-corrected chi connectivity index (χ0v) is 14.8. The second kappa shape index (κ2) is 6.65. The van der Waals surface area contributed by atoms with Crippen LogP contribution in [0.3, 0.4) is 0 Å². The molecule has 26 heavy (non-hydrogen) atoms. The van der Waals surface area contributed by atoms with Gasteiger partial charge in [0.15, 0.2) is 0 Å². The number of aryl methyl sites for hydroxylation is 2. The molecule has 0 saturated carbocycles. The van der Waals surface area contributed by atoms with Crippen LogP contribution >= 0.6 is 0 Å². The average molecular weight is 368 g/mol. The van der Waals surface area contributed by atoms with Crippen LogP contribution in [0.15, 0.2) is 53.6 Å². The molecule has 2 aromatic carbocycles. The zero-order valence-electron chi connectivity index (χ0n) is 14.0. The summed E-state index contributed by atoms with van der Waals surface area (Å²) in [6.07, 6.45) is 1.45. The van der Waals surface area contributed by atoms with E-state index in [1.54, 1.807) is 30.3 Å². The van der Waals surface area contributed by atoms with E-state index in [-0.39, 0.29) is 17.7 Å². The van der Waals surface area contributed by atoms with Gasteiger partial charge in [-0.05, 0) is 43.2 Å². The lowest BCUT2D eigenvalue weighted by Crippen LogP contribution is -2.13. The predicted octanol–water partition coefficient (Wildman–Crippen LogP) is 3.08. The van der Waals surface area contributed by atoms with E-state index < -0.39 is 16.0 Å². The smallest absolute Gasteiger partial charge is 0.303 e. The van der Waals surface area contributed by atoms with Crippen LogP contribution in [0.25, 0.3) is 10.9 Å². The van der Waals surface area contributed by atoms with Crippen molar-refractivity contribution in [1.82, 2.24) is 3.97 Å². The molecule has 132 valence electrons. The van der Waals surface area contributed by atoms with Crippen molar-refractivity contribution in [2.75, 3.05) is 0 Å². The number of aliphatic carboxylic acids is 1. The van der Waals surface area contributed by atoms with Crippen molar-refractivity contribution in [3.8, 4) is 6.07 Å². The molecule has 0 atom stereocenters. The maximum absolute atomic E-state index is 13.1. The van der Waals surface area contributed by atoms with Crippen molar-refractivity contribution >= 4 is 26.9 Å². The van der Waals surface area contributed by atoms with Crippen LogP contribution in [0.2, 0.25) is 0 Å². The van der Waals surface area contributed by atoms with E-state index in [1.807, 2.05) is 13.0 Å². The molecule has 0 bridgehead atoms. The van der Waals surface area contributed by atoms with Gasteiger partial charge in [0.25, 0.3) is 10.0 Å². The first kappa shape index (κ1) is 17.7. The summed E-state index contributed by atoms with van der Waals surface area (Å²) < 4.78 is 27.3. The Labute approximate surface area is 151 Å². The monoisotopic (exact) mass is 368 g/mol. The SMILES string of the molecule is Cc1ccc(S(=O)(=O)n2ccc3c(C#N)ccc(CCC(=O)O)c32)cc1. The lowest BCUT2D eigenvalue weighted by atomic mass is 10.0. The van der Waals surface area contributed by atoms with E-state index in [0.29, 0.717) is 22.0 Å². The van der Waals surface area contributed by atoms with E-state index >= 15 is 0 Å². The predicted molar refractivity (Wildman–Crippen MR) is 96.4 cm³/mol. The standard InChI is InChI=1S/C19H16N2O4S/c1-13-2-7-16(8-3-13)26(24,25)21-11-10-17-15(12-20)5-4-14(19(17)21)6-9-18(22)23/h2-5,7-8,10-11H,6,9H2,1H3,(H,22,23). The van der Waals surface area contributed by atoms with Crippen LogP contribution in [0, 0.1) is 18.3 Å². The van der Waals surface area contributed by atoms with E-state index in [4.69, 9.17) is 5.11 Å². The molecule has 0 aliphatic rings. The first-order valence-electron chi connectivity index (χ1n) is 7.91. The number of aromatic nitrogens is 1. The Morgan fingerprint density at radius 1 is 1.15 bits per heavy atom. The molecule has 1 N–H and O–H groups in total. The number of nitriles is 1. The highest BCUT2D eigenvalue weighted by atomic mass is 32.2. The molecular formula is C19H16N2O4S. The number of hydrogen-bond acceptors (Lipinski definition) is 4. The van der Waals surface area contributed by atoms with Gasteiger partial charge in [-0.3, -0.25) is 4.79 Å². The summed E-state index contributed by atoms with van der Waals surface area (Å²) >= 11 is 0. The molecule has 1 heterocycles. The molecule has 0 aliphatic carbocycles. The first-order chi connectivity index (χ1) is 12.3. The Morgan fingerprint density at radius 2 is 1.85 bits per heavy atom. The Kier molecular flexibility index (Phi) is 4.53. The van der Waals surface area contributed by atoms with Crippen molar-refractivity contribution in [2.45, 2.75) is 24.7 Å². The minimum absolute atomic E-state index is 0.128. The topological polar surface area (TPSA) is 100 Å².